The summed E-state index contributed by atoms with van der Waals surface area (Å²) >= 11 is 0. The summed E-state index contributed by atoms with van der Waals surface area (Å²) in [7, 11) is 0. The lowest BCUT2D eigenvalue weighted by Gasteiger charge is -2.20. The van der Waals surface area contributed by atoms with Crippen molar-refractivity contribution in [1.82, 2.24) is 19.9 Å². The van der Waals surface area contributed by atoms with Crippen LogP contribution in [0.4, 0.5) is 0 Å². The van der Waals surface area contributed by atoms with Gasteiger partial charge in [-0.15, -0.1) is 5.10 Å². The molecule has 0 unspecified atom stereocenters. The standard InChI is InChI=1S/C16H20N4O2/c1-4-19(11-12(2)3)15(21)9-10-20-16(22)13-7-5-6-8-14(13)17-18-20/h5-8H,2,4,9-11H2,1,3H3. The lowest BCUT2D eigenvalue weighted by Crippen LogP contribution is -2.34. The van der Waals surface area contributed by atoms with E-state index < -0.39 is 0 Å². The van der Waals surface area contributed by atoms with Gasteiger partial charge in [-0.2, -0.15) is 0 Å². The number of aryl methyl sites for hydroxylation is 1. The van der Waals surface area contributed by atoms with Crippen LogP contribution in [0.2, 0.25) is 0 Å². The lowest BCUT2D eigenvalue weighted by molar-refractivity contribution is -0.130. The molecular weight excluding hydrogens is 280 g/mol. The Balaban J connectivity index is 2.11. The molecule has 6 nitrogen and oxygen atoms in total. The van der Waals surface area contributed by atoms with E-state index in [4.69, 9.17) is 0 Å². The number of carbonyl (C=O) groups excluding carboxylic acids is 1. The Morgan fingerprint density at radius 2 is 2.09 bits per heavy atom. The molecule has 0 aliphatic rings. The van der Waals surface area contributed by atoms with E-state index in [1.54, 1.807) is 29.2 Å². The van der Waals surface area contributed by atoms with Gasteiger partial charge in [-0.25, -0.2) is 4.68 Å². The highest BCUT2D eigenvalue weighted by Gasteiger charge is 2.13. The SMILES string of the molecule is C=C(C)CN(CC)C(=O)CCn1nnc2ccccc2c1=O. The molecule has 22 heavy (non-hydrogen) atoms. The van der Waals surface area contributed by atoms with Gasteiger partial charge in [0.1, 0.15) is 5.52 Å². The smallest absolute Gasteiger partial charge is 0.277 e. The summed E-state index contributed by atoms with van der Waals surface area (Å²) in [6.07, 6.45) is 0.216. The van der Waals surface area contributed by atoms with Crippen LogP contribution in [0.3, 0.4) is 0 Å². The molecule has 0 spiro atoms. The molecule has 6 heteroatoms. The Bertz CT molecular complexity index is 751. The van der Waals surface area contributed by atoms with Crippen molar-refractivity contribution in [1.29, 1.82) is 0 Å². The van der Waals surface area contributed by atoms with Gasteiger partial charge in [-0.05, 0) is 26.0 Å². The molecule has 0 aliphatic heterocycles. The summed E-state index contributed by atoms with van der Waals surface area (Å²) in [4.78, 5) is 26.2. The fourth-order valence-corrected chi connectivity index (χ4v) is 2.23. The van der Waals surface area contributed by atoms with Gasteiger partial charge in [-0.3, -0.25) is 9.59 Å². The minimum atomic E-state index is -0.221. The van der Waals surface area contributed by atoms with Crippen molar-refractivity contribution in [3.05, 3.63) is 46.8 Å². The summed E-state index contributed by atoms with van der Waals surface area (Å²) < 4.78 is 1.24. The number of amides is 1. The number of fused-ring (bicyclic) bond motifs is 1. The molecule has 0 bridgehead atoms. The third kappa shape index (κ3) is 3.58. The molecule has 0 saturated carbocycles. The normalized spacial score (nSPS) is 10.6. The number of aromatic nitrogens is 3. The van der Waals surface area contributed by atoms with E-state index >= 15 is 0 Å². The van der Waals surface area contributed by atoms with Crippen LogP contribution in [0.1, 0.15) is 20.3 Å². The zero-order chi connectivity index (χ0) is 16.1. The molecule has 0 saturated heterocycles. The predicted molar refractivity (Wildman–Crippen MR) is 85.5 cm³/mol. The second kappa shape index (κ2) is 6.98. The maximum Gasteiger partial charge on any atom is 0.277 e. The molecule has 0 N–H and O–H groups in total. The van der Waals surface area contributed by atoms with Gasteiger partial charge in [-0.1, -0.05) is 29.5 Å². The number of nitrogens with zero attached hydrogens (tertiary/aromatic N) is 4. The van der Waals surface area contributed by atoms with E-state index in [2.05, 4.69) is 16.9 Å². The number of carbonyl (C=O) groups is 1. The van der Waals surface area contributed by atoms with Crippen molar-refractivity contribution < 1.29 is 4.79 Å². The largest absolute Gasteiger partial charge is 0.339 e. The first-order chi connectivity index (χ1) is 10.5. The van der Waals surface area contributed by atoms with Crippen molar-refractivity contribution in [2.75, 3.05) is 13.1 Å². The molecule has 2 aromatic rings. The fourth-order valence-electron chi connectivity index (χ4n) is 2.23. The summed E-state index contributed by atoms with van der Waals surface area (Å²) in [5, 5.41) is 8.41. The van der Waals surface area contributed by atoms with Gasteiger partial charge in [0.15, 0.2) is 0 Å². The third-order valence-electron chi connectivity index (χ3n) is 3.36. The topological polar surface area (TPSA) is 68.1 Å². The first-order valence-electron chi connectivity index (χ1n) is 7.27. The van der Waals surface area contributed by atoms with E-state index in [1.165, 1.54) is 4.68 Å². The number of rotatable bonds is 6. The predicted octanol–water partition coefficient (Wildman–Crippen LogP) is 1.61. The first kappa shape index (κ1) is 15.9. The Morgan fingerprint density at radius 3 is 2.77 bits per heavy atom. The van der Waals surface area contributed by atoms with Crippen LogP contribution in [-0.4, -0.2) is 38.9 Å². The summed E-state index contributed by atoms with van der Waals surface area (Å²) in [6.45, 7) is 9.00. The summed E-state index contributed by atoms with van der Waals surface area (Å²) in [5.74, 6) is -0.0210. The van der Waals surface area contributed by atoms with Gasteiger partial charge in [0, 0.05) is 19.5 Å². The van der Waals surface area contributed by atoms with Crippen LogP contribution in [-0.2, 0) is 11.3 Å². The molecule has 1 heterocycles. The van der Waals surface area contributed by atoms with Crippen LogP contribution in [0, 0.1) is 0 Å². The minimum absolute atomic E-state index is 0.0210. The number of hydrogen-bond acceptors (Lipinski definition) is 4. The van der Waals surface area contributed by atoms with Crippen LogP contribution in [0.5, 0.6) is 0 Å². The second-order valence-electron chi connectivity index (χ2n) is 5.25. The molecule has 116 valence electrons. The maximum atomic E-state index is 12.3. The van der Waals surface area contributed by atoms with E-state index in [9.17, 15) is 9.59 Å². The first-order valence-corrected chi connectivity index (χ1v) is 7.27. The average molecular weight is 300 g/mol. The van der Waals surface area contributed by atoms with Crippen molar-refractivity contribution >= 4 is 16.8 Å². The van der Waals surface area contributed by atoms with Gasteiger partial charge in [0.05, 0.1) is 11.9 Å². The molecule has 0 fully saturated rings. The molecule has 1 aromatic heterocycles. The summed E-state index contributed by atoms with van der Waals surface area (Å²) in [5.41, 5.74) is 1.27. The van der Waals surface area contributed by atoms with E-state index in [0.717, 1.165) is 5.57 Å². The zero-order valence-corrected chi connectivity index (χ0v) is 13.0. The Morgan fingerprint density at radius 1 is 1.36 bits per heavy atom. The number of likely N-dealkylation sites (N-methyl/N-ethyl adjacent to an activating group) is 1. The highest BCUT2D eigenvalue weighted by atomic mass is 16.2. The van der Waals surface area contributed by atoms with E-state index in [1.807, 2.05) is 13.8 Å². The van der Waals surface area contributed by atoms with Crippen molar-refractivity contribution in [2.45, 2.75) is 26.8 Å². The highest BCUT2D eigenvalue weighted by Crippen LogP contribution is 2.04. The molecule has 0 aliphatic carbocycles. The van der Waals surface area contributed by atoms with E-state index in [0.29, 0.717) is 24.0 Å². The van der Waals surface area contributed by atoms with Crippen LogP contribution < -0.4 is 5.56 Å². The Hall–Kier alpha value is -2.50. The Kier molecular flexibility index (Phi) is 5.04. The van der Waals surface area contributed by atoms with Crippen molar-refractivity contribution in [3.8, 4) is 0 Å². The van der Waals surface area contributed by atoms with Gasteiger partial charge in [0.25, 0.3) is 5.56 Å². The zero-order valence-electron chi connectivity index (χ0n) is 13.0. The summed E-state index contributed by atoms with van der Waals surface area (Å²) in [6, 6.07) is 7.04. The van der Waals surface area contributed by atoms with Gasteiger partial charge >= 0.3 is 0 Å². The monoisotopic (exact) mass is 300 g/mol. The maximum absolute atomic E-state index is 12.3. The Labute approximate surface area is 129 Å². The minimum Gasteiger partial charge on any atom is -0.339 e. The van der Waals surface area contributed by atoms with E-state index in [-0.39, 0.29) is 24.4 Å². The second-order valence-corrected chi connectivity index (χ2v) is 5.25. The highest BCUT2D eigenvalue weighted by molar-refractivity contribution is 5.77. The van der Waals surface area contributed by atoms with Crippen LogP contribution in [0.15, 0.2) is 41.2 Å². The van der Waals surface area contributed by atoms with Crippen LogP contribution >= 0.6 is 0 Å². The molecule has 0 radical (unpaired) electrons. The quantitative estimate of drug-likeness (QED) is 0.760. The van der Waals surface area contributed by atoms with Crippen molar-refractivity contribution in [3.63, 3.8) is 0 Å². The lowest BCUT2D eigenvalue weighted by atomic mass is 10.2. The molecule has 1 amide bonds. The number of hydrogen-bond donors (Lipinski definition) is 0. The molecular formula is C16H20N4O2. The average Bonchev–Trinajstić information content (AvgIpc) is 2.51. The third-order valence-corrected chi connectivity index (χ3v) is 3.36. The fraction of sp³-hybridized carbons (Fsp3) is 0.375. The van der Waals surface area contributed by atoms with Crippen LogP contribution in [0.25, 0.3) is 10.9 Å². The number of benzene rings is 1. The van der Waals surface area contributed by atoms with Crippen molar-refractivity contribution in [2.24, 2.45) is 0 Å². The molecule has 2 rings (SSSR count). The van der Waals surface area contributed by atoms with Gasteiger partial charge < -0.3 is 4.90 Å². The van der Waals surface area contributed by atoms with Gasteiger partial charge in [0.2, 0.25) is 5.91 Å². The molecule has 0 atom stereocenters. The molecule has 1 aromatic carbocycles.